The molecular weight excluding hydrogens is 324 g/mol. The molecule has 2 aromatic rings. The van der Waals surface area contributed by atoms with Crippen LogP contribution in [0.4, 0.5) is 5.69 Å². The number of hydrogen-bond donors (Lipinski definition) is 1. The zero-order valence-corrected chi connectivity index (χ0v) is 14.7. The van der Waals surface area contributed by atoms with E-state index >= 15 is 0 Å². The van der Waals surface area contributed by atoms with Crippen molar-refractivity contribution >= 4 is 28.2 Å². The Morgan fingerprint density at radius 2 is 2.25 bits per heavy atom. The minimum absolute atomic E-state index is 0.129. The normalized spacial score (nSPS) is 30.9. The second-order valence-corrected chi connectivity index (χ2v) is 7.62. The highest BCUT2D eigenvalue weighted by atomic mass is 35.5. The summed E-state index contributed by atoms with van der Waals surface area (Å²) in [5.41, 5.74) is 1.43. The van der Waals surface area contributed by atoms with Gasteiger partial charge in [0.15, 0.2) is 0 Å². The van der Waals surface area contributed by atoms with Crippen LogP contribution >= 0.6 is 11.6 Å². The van der Waals surface area contributed by atoms with Crippen molar-refractivity contribution in [2.75, 3.05) is 24.7 Å². The monoisotopic (exact) mass is 346 g/mol. The van der Waals surface area contributed by atoms with Crippen LogP contribution in [0.1, 0.15) is 26.2 Å². The van der Waals surface area contributed by atoms with Crippen LogP contribution in [0.5, 0.6) is 0 Å². The number of hydrogen-bond acceptors (Lipinski definition) is 4. The highest BCUT2D eigenvalue weighted by Gasteiger charge is 2.44. The van der Waals surface area contributed by atoms with E-state index in [2.05, 4.69) is 16.0 Å². The number of pyridine rings is 1. The molecule has 2 aliphatic rings. The molecule has 4 nitrogen and oxygen atoms in total. The van der Waals surface area contributed by atoms with Crippen LogP contribution in [0.3, 0.4) is 0 Å². The van der Waals surface area contributed by atoms with Gasteiger partial charge in [0.1, 0.15) is 0 Å². The first-order chi connectivity index (χ1) is 11.6. The number of aliphatic hydroxyl groups is 1. The van der Waals surface area contributed by atoms with Crippen LogP contribution in [0.25, 0.3) is 10.9 Å². The van der Waals surface area contributed by atoms with Crippen LogP contribution in [-0.2, 0) is 4.74 Å². The van der Waals surface area contributed by atoms with Crippen LogP contribution in [0, 0.1) is 5.92 Å². The third-order valence-corrected chi connectivity index (χ3v) is 5.84. The van der Waals surface area contributed by atoms with Gasteiger partial charge in [-0.25, -0.2) is 0 Å². The second kappa shape index (κ2) is 6.17. The molecule has 2 saturated heterocycles. The first-order valence-corrected chi connectivity index (χ1v) is 9.05. The van der Waals surface area contributed by atoms with Gasteiger partial charge in [-0.3, -0.25) is 4.98 Å². The van der Waals surface area contributed by atoms with Gasteiger partial charge >= 0.3 is 0 Å². The summed E-state index contributed by atoms with van der Waals surface area (Å²) in [5, 5.41) is 12.7. The molecule has 0 unspecified atom stereocenters. The summed E-state index contributed by atoms with van der Waals surface area (Å²) >= 11 is 6.12. The van der Waals surface area contributed by atoms with Crippen molar-refractivity contribution in [3.05, 3.63) is 35.5 Å². The van der Waals surface area contributed by atoms with Crippen molar-refractivity contribution in [1.82, 2.24) is 4.98 Å². The summed E-state index contributed by atoms with van der Waals surface area (Å²) in [7, 11) is 0. The van der Waals surface area contributed by atoms with Crippen molar-refractivity contribution in [2.45, 2.75) is 37.8 Å². The molecule has 128 valence electrons. The second-order valence-electron chi connectivity index (χ2n) is 7.18. The molecule has 0 bridgehead atoms. The molecule has 4 rings (SSSR count). The maximum absolute atomic E-state index is 10.9. The van der Waals surface area contributed by atoms with E-state index in [1.54, 1.807) is 0 Å². The molecule has 24 heavy (non-hydrogen) atoms. The topological polar surface area (TPSA) is 45.6 Å². The Morgan fingerprint density at radius 1 is 1.38 bits per heavy atom. The molecule has 0 aliphatic carbocycles. The van der Waals surface area contributed by atoms with Crippen molar-refractivity contribution in [1.29, 1.82) is 0 Å². The molecule has 2 aliphatic heterocycles. The average Bonchev–Trinajstić information content (AvgIpc) is 3.02. The number of benzene rings is 1. The quantitative estimate of drug-likeness (QED) is 0.901. The smallest absolute Gasteiger partial charge is 0.0737 e. The van der Waals surface area contributed by atoms with Gasteiger partial charge in [0.05, 0.1) is 17.7 Å². The van der Waals surface area contributed by atoms with Crippen LogP contribution in [-0.4, -0.2) is 41.5 Å². The fourth-order valence-electron chi connectivity index (χ4n) is 4.25. The number of anilines is 1. The van der Waals surface area contributed by atoms with E-state index in [9.17, 15) is 5.11 Å². The van der Waals surface area contributed by atoms with E-state index in [-0.39, 0.29) is 5.92 Å². The van der Waals surface area contributed by atoms with E-state index in [4.69, 9.17) is 16.3 Å². The third kappa shape index (κ3) is 2.77. The Hall–Kier alpha value is -1.36. The van der Waals surface area contributed by atoms with E-state index in [1.807, 2.05) is 31.3 Å². The molecule has 0 radical (unpaired) electrons. The summed E-state index contributed by atoms with van der Waals surface area (Å²) in [5.74, 6) is 0.129. The predicted molar refractivity (Wildman–Crippen MR) is 96.7 cm³/mol. The highest BCUT2D eigenvalue weighted by molar-refractivity contribution is 6.31. The standard InChI is InChI=1S/C19H23ClN2O2/c1-19(23)7-10-24-12-15(19)18-3-2-9-22(18)17-6-8-21-16-11-13(20)4-5-14(16)17/h4-6,8,11,15,18,23H,2-3,7,9-10,12H2,1H3/t15-,18-,19-/m0/s1. The number of rotatable bonds is 2. The Labute approximate surface area is 147 Å². The maximum atomic E-state index is 10.9. The Morgan fingerprint density at radius 3 is 3.08 bits per heavy atom. The molecule has 1 N–H and O–H groups in total. The molecular formula is C19H23ClN2O2. The maximum Gasteiger partial charge on any atom is 0.0737 e. The lowest BCUT2D eigenvalue weighted by Gasteiger charge is -2.44. The summed E-state index contributed by atoms with van der Waals surface area (Å²) in [6, 6.07) is 8.24. The Balaban J connectivity index is 1.73. The van der Waals surface area contributed by atoms with E-state index < -0.39 is 5.60 Å². The highest BCUT2D eigenvalue weighted by Crippen LogP contribution is 2.40. The zero-order chi connectivity index (χ0) is 16.7. The van der Waals surface area contributed by atoms with Crippen LogP contribution in [0.15, 0.2) is 30.5 Å². The first-order valence-electron chi connectivity index (χ1n) is 8.67. The summed E-state index contributed by atoms with van der Waals surface area (Å²) in [6.45, 7) is 4.23. The van der Waals surface area contributed by atoms with Gasteiger partial charge in [-0.15, -0.1) is 0 Å². The van der Waals surface area contributed by atoms with Gasteiger partial charge < -0.3 is 14.7 Å². The number of fused-ring (bicyclic) bond motifs is 1. The molecule has 0 amide bonds. The fourth-order valence-corrected chi connectivity index (χ4v) is 4.41. The first kappa shape index (κ1) is 16.1. The van der Waals surface area contributed by atoms with Gasteiger partial charge in [-0.1, -0.05) is 11.6 Å². The van der Waals surface area contributed by atoms with E-state index in [0.29, 0.717) is 30.7 Å². The summed E-state index contributed by atoms with van der Waals surface area (Å²) in [4.78, 5) is 6.89. The fraction of sp³-hybridized carbons (Fsp3) is 0.526. The average molecular weight is 347 g/mol. The number of halogens is 1. The van der Waals surface area contributed by atoms with Crippen molar-refractivity contribution in [2.24, 2.45) is 5.92 Å². The van der Waals surface area contributed by atoms with Gasteiger partial charge in [-0.2, -0.15) is 0 Å². The third-order valence-electron chi connectivity index (χ3n) is 5.60. The lowest BCUT2D eigenvalue weighted by Crippen LogP contribution is -2.52. The van der Waals surface area contributed by atoms with E-state index in [0.717, 1.165) is 30.3 Å². The molecule has 3 heterocycles. The Kier molecular flexibility index (Phi) is 4.15. The lowest BCUT2D eigenvalue weighted by atomic mass is 9.79. The largest absolute Gasteiger partial charge is 0.390 e. The van der Waals surface area contributed by atoms with Crippen LogP contribution in [0.2, 0.25) is 5.02 Å². The van der Waals surface area contributed by atoms with Crippen molar-refractivity contribution in [3.8, 4) is 0 Å². The van der Waals surface area contributed by atoms with Gasteiger partial charge in [0, 0.05) is 47.4 Å². The van der Waals surface area contributed by atoms with Gasteiger partial charge in [0.25, 0.3) is 0 Å². The summed E-state index contributed by atoms with van der Waals surface area (Å²) in [6.07, 6.45) is 4.77. The van der Waals surface area contributed by atoms with Crippen molar-refractivity contribution in [3.63, 3.8) is 0 Å². The number of nitrogens with zero attached hydrogens (tertiary/aromatic N) is 2. The SMILES string of the molecule is C[C@]1(O)CCOC[C@H]1[C@@H]1CCCN1c1ccnc2cc(Cl)ccc12. The van der Waals surface area contributed by atoms with Crippen LogP contribution < -0.4 is 4.90 Å². The number of ether oxygens (including phenoxy) is 1. The molecule has 3 atom stereocenters. The van der Waals surface area contributed by atoms with Gasteiger partial charge in [0.2, 0.25) is 0 Å². The number of aromatic nitrogens is 1. The molecule has 0 spiro atoms. The lowest BCUT2D eigenvalue weighted by molar-refractivity contribution is -0.108. The molecule has 5 heteroatoms. The summed E-state index contributed by atoms with van der Waals surface area (Å²) < 4.78 is 5.70. The van der Waals surface area contributed by atoms with Gasteiger partial charge in [-0.05, 0) is 50.5 Å². The molecule has 2 fully saturated rings. The minimum atomic E-state index is -0.669. The van der Waals surface area contributed by atoms with Crippen molar-refractivity contribution < 1.29 is 9.84 Å². The predicted octanol–water partition coefficient (Wildman–Crippen LogP) is 3.64. The van der Waals surface area contributed by atoms with E-state index in [1.165, 1.54) is 5.69 Å². The molecule has 1 aromatic heterocycles. The minimum Gasteiger partial charge on any atom is -0.390 e. The Bertz CT molecular complexity index is 749. The molecule has 1 aromatic carbocycles. The zero-order valence-electron chi connectivity index (χ0n) is 13.9. The molecule has 0 saturated carbocycles.